The third-order valence-electron chi connectivity index (χ3n) is 3.92. The summed E-state index contributed by atoms with van der Waals surface area (Å²) < 4.78 is 0. The minimum Gasteiger partial charge on any atom is -0.368 e. The van der Waals surface area contributed by atoms with E-state index in [0.29, 0.717) is 17.7 Å². The molecule has 6 nitrogen and oxygen atoms in total. The number of hydrogen-bond donors (Lipinski definition) is 3. The minimum absolute atomic E-state index is 0.0363. The van der Waals surface area contributed by atoms with E-state index >= 15 is 0 Å². The molecule has 0 aromatic carbocycles. The van der Waals surface area contributed by atoms with Crippen molar-refractivity contribution in [3.8, 4) is 0 Å². The van der Waals surface area contributed by atoms with Gasteiger partial charge in [0.25, 0.3) is 0 Å². The van der Waals surface area contributed by atoms with Crippen LogP contribution < -0.4 is 10.6 Å². The Bertz CT molecular complexity index is 500. The highest BCUT2D eigenvalue weighted by Gasteiger charge is 2.44. The largest absolute Gasteiger partial charge is 0.368 e. The third kappa shape index (κ3) is 1.53. The van der Waals surface area contributed by atoms with Crippen LogP contribution in [0.3, 0.4) is 0 Å². The van der Waals surface area contributed by atoms with E-state index in [1.54, 1.807) is 6.20 Å². The summed E-state index contributed by atoms with van der Waals surface area (Å²) in [5.74, 6) is -0.0363. The summed E-state index contributed by atoms with van der Waals surface area (Å²) in [6.45, 7) is 1.78. The standard InChI is InChI=1S/C12H16N4O2/c1-16-4-2-12(3-5-16)11(18)14-10-8(15-12)6-13-9(10)7-17/h6-7,13,15H,2-5H2,1H3,(H,14,18). The van der Waals surface area contributed by atoms with E-state index in [-0.39, 0.29) is 5.91 Å². The SMILES string of the molecule is CN1CCC2(CC1)Nc1c[nH]c(C=O)c1NC2=O. The summed E-state index contributed by atoms with van der Waals surface area (Å²) in [5.41, 5.74) is 1.26. The average molecular weight is 248 g/mol. The second-order valence-electron chi connectivity index (χ2n) is 5.07. The Balaban J connectivity index is 1.92. The fraction of sp³-hybridized carbons (Fsp3) is 0.500. The molecule has 1 fully saturated rings. The monoisotopic (exact) mass is 248 g/mol. The number of carbonyl (C=O) groups is 2. The van der Waals surface area contributed by atoms with E-state index in [2.05, 4.69) is 27.6 Å². The Hall–Kier alpha value is -1.82. The molecule has 1 amide bonds. The Labute approximate surface area is 105 Å². The van der Waals surface area contributed by atoms with Crippen molar-refractivity contribution >= 4 is 23.6 Å². The fourth-order valence-corrected chi connectivity index (χ4v) is 2.67. The molecule has 6 heteroatoms. The number of aldehydes is 1. The van der Waals surface area contributed by atoms with E-state index < -0.39 is 5.54 Å². The van der Waals surface area contributed by atoms with Gasteiger partial charge < -0.3 is 20.5 Å². The molecule has 3 rings (SSSR count). The van der Waals surface area contributed by atoms with Crippen LogP contribution in [0.5, 0.6) is 0 Å². The van der Waals surface area contributed by atoms with Crippen LogP contribution in [0.15, 0.2) is 6.20 Å². The highest BCUT2D eigenvalue weighted by atomic mass is 16.2. The van der Waals surface area contributed by atoms with Gasteiger partial charge in [0.05, 0.1) is 11.4 Å². The maximum Gasteiger partial charge on any atom is 0.250 e. The van der Waals surface area contributed by atoms with Crippen LogP contribution in [0.25, 0.3) is 0 Å². The second-order valence-corrected chi connectivity index (χ2v) is 5.07. The van der Waals surface area contributed by atoms with Gasteiger partial charge in [-0.1, -0.05) is 0 Å². The van der Waals surface area contributed by atoms with Crippen molar-refractivity contribution in [3.63, 3.8) is 0 Å². The summed E-state index contributed by atoms with van der Waals surface area (Å²) in [6, 6.07) is 0. The van der Waals surface area contributed by atoms with Crippen molar-refractivity contribution in [3.05, 3.63) is 11.9 Å². The smallest absolute Gasteiger partial charge is 0.250 e. The maximum absolute atomic E-state index is 12.3. The summed E-state index contributed by atoms with van der Waals surface area (Å²) in [4.78, 5) is 28.2. The molecular weight excluding hydrogens is 232 g/mol. The first-order valence-corrected chi connectivity index (χ1v) is 6.09. The first kappa shape index (κ1) is 11.3. The topological polar surface area (TPSA) is 77.2 Å². The molecule has 2 aliphatic rings. The zero-order valence-electron chi connectivity index (χ0n) is 10.2. The molecule has 0 saturated carbocycles. The molecule has 0 radical (unpaired) electrons. The van der Waals surface area contributed by atoms with Gasteiger partial charge in [0.15, 0.2) is 6.29 Å². The number of likely N-dealkylation sites (tertiary alicyclic amines) is 1. The van der Waals surface area contributed by atoms with Crippen LogP contribution in [0.2, 0.25) is 0 Å². The minimum atomic E-state index is -0.526. The fourth-order valence-electron chi connectivity index (χ4n) is 2.67. The van der Waals surface area contributed by atoms with Crippen molar-refractivity contribution < 1.29 is 9.59 Å². The number of fused-ring (bicyclic) bond motifs is 1. The van der Waals surface area contributed by atoms with Gasteiger partial charge in [-0.25, -0.2) is 0 Å². The number of aromatic amines is 1. The number of nitrogens with zero attached hydrogens (tertiary/aromatic N) is 1. The number of hydrogen-bond acceptors (Lipinski definition) is 4. The molecule has 1 saturated heterocycles. The van der Waals surface area contributed by atoms with E-state index in [1.807, 2.05) is 0 Å². The molecule has 18 heavy (non-hydrogen) atoms. The number of anilines is 2. The molecule has 1 spiro atoms. The molecule has 96 valence electrons. The lowest BCUT2D eigenvalue weighted by Crippen LogP contribution is -2.57. The van der Waals surface area contributed by atoms with Crippen molar-refractivity contribution in [2.45, 2.75) is 18.4 Å². The maximum atomic E-state index is 12.3. The number of nitrogens with one attached hydrogen (secondary N) is 3. The lowest BCUT2D eigenvalue weighted by atomic mass is 9.85. The molecule has 0 unspecified atom stereocenters. The third-order valence-corrected chi connectivity index (χ3v) is 3.92. The van der Waals surface area contributed by atoms with Crippen molar-refractivity contribution in [2.75, 3.05) is 30.8 Å². The molecule has 1 aromatic heterocycles. The van der Waals surface area contributed by atoms with Crippen molar-refractivity contribution in [1.29, 1.82) is 0 Å². The van der Waals surface area contributed by atoms with Crippen molar-refractivity contribution in [2.24, 2.45) is 0 Å². The molecule has 2 aliphatic heterocycles. The van der Waals surface area contributed by atoms with Crippen LogP contribution in [-0.4, -0.2) is 47.8 Å². The average Bonchev–Trinajstić information content (AvgIpc) is 2.75. The summed E-state index contributed by atoms with van der Waals surface area (Å²) in [6.07, 6.45) is 4.00. The lowest BCUT2D eigenvalue weighted by Gasteiger charge is -2.42. The predicted molar refractivity (Wildman–Crippen MR) is 67.9 cm³/mol. The molecule has 3 N–H and O–H groups in total. The van der Waals surface area contributed by atoms with Gasteiger partial charge in [-0.2, -0.15) is 0 Å². The number of piperidine rings is 1. The quantitative estimate of drug-likeness (QED) is 0.638. The zero-order chi connectivity index (χ0) is 12.8. The predicted octanol–water partition coefficient (Wildman–Crippen LogP) is 0.656. The Morgan fingerprint density at radius 3 is 2.78 bits per heavy atom. The molecule has 0 aliphatic carbocycles. The van der Waals surface area contributed by atoms with Crippen LogP contribution in [-0.2, 0) is 4.79 Å². The Morgan fingerprint density at radius 1 is 1.39 bits per heavy atom. The van der Waals surface area contributed by atoms with Gasteiger partial charge in [-0.05, 0) is 19.9 Å². The number of aromatic nitrogens is 1. The Morgan fingerprint density at radius 2 is 2.11 bits per heavy atom. The van der Waals surface area contributed by atoms with Gasteiger partial charge in [-0.3, -0.25) is 9.59 Å². The number of carbonyl (C=O) groups excluding carboxylic acids is 2. The van der Waals surface area contributed by atoms with E-state index in [1.165, 1.54) is 0 Å². The summed E-state index contributed by atoms with van der Waals surface area (Å²) in [7, 11) is 2.06. The lowest BCUT2D eigenvalue weighted by molar-refractivity contribution is -0.122. The number of rotatable bonds is 1. The highest BCUT2D eigenvalue weighted by Crippen LogP contribution is 2.37. The van der Waals surface area contributed by atoms with Gasteiger partial charge in [-0.15, -0.1) is 0 Å². The van der Waals surface area contributed by atoms with Gasteiger partial charge >= 0.3 is 0 Å². The van der Waals surface area contributed by atoms with E-state index in [0.717, 1.165) is 31.6 Å². The van der Waals surface area contributed by atoms with Crippen LogP contribution in [0, 0.1) is 0 Å². The number of amides is 1. The van der Waals surface area contributed by atoms with Gasteiger partial charge in [0, 0.05) is 19.3 Å². The molecule has 3 heterocycles. The Kier molecular flexibility index (Phi) is 2.41. The molecular formula is C12H16N4O2. The van der Waals surface area contributed by atoms with Crippen LogP contribution >= 0.6 is 0 Å². The summed E-state index contributed by atoms with van der Waals surface area (Å²) in [5, 5.41) is 6.16. The first-order chi connectivity index (χ1) is 8.64. The van der Waals surface area contributed by atoms with Crippen LogP contribution in [0.1, 0.15) is 23.3 Å². The van der Waals surface area contributed by atoms with Crippen molar-refractivity contribution in [1.82, 2.24) is 9.88 Å². The zero-order valence-corrected chi connectivity index (χ0v) is 10.2. The van der Waals surface area contributed by atoms with E-state index in [9.17, 15) is 9.59 Å². The number of H-pyrrole nitrogens is 1. The first-order valence-electron chi connectivity index (χ1n) is 6.09. The van der Waals surface area contributed by atoms with Crippen LogP contribution in [0.4, 0.5) is 11.4 Å². The van der Waals surface area contributed by atoms with E-state index in [4.69, 9.17) is 0 Å². The van der Waals surface area contributed by atoms with Gasteiger partial charge in [0.1, 0.15) is 11.2 Å². The summed E-state index contributed by atoms with van der Waals surface area (Å²) >= 11 is 0. The second kappa shape index (κ2) is 3.84. The normalized spacial score (nSPS) is 22.2. The molecule has 1 aromatic rings. The molecule has 0 bridgehead atoms. The van der Waals surface area contributed by atoms with Gasteiger partial charge in [0.2, 0.25) is 5.91 Å². The highest BCUT2D eigenvalue weighted by molar-refractivity contribution is 6.09. The molecule has 0 atom stereocenters.